The van der Waals surface area contributed by atoms with E-state index in [0.717, 1.165) is 13.6 Å². The number of nitrogens with one attached hydrogen (secondary N) is 1. The molecule has 0 aliphatic rings. The maximum atomic E-state index is 12.6. The summed E-state index contributed by atoms with van der Waals surface area (Å²) in [5.74, 6) is 0.672. The van der Waals surface area contributed by atoms with Crippen molar-refractivity contribution in [2.24, 2.45) is 0 Å². The van der Waals surface area contributed by atoms with E-state index in [1.54, 1.807) is 24.3 Å². The third kappa shape index (κ3) is 6.84. The number of halogens is 2. The van der Waals surface area contributed by atoms with Gasteiger partial charge in [-0.1, -0.05) is 40.2 Å². The summed E-state index contributed by atoms with van der Waals surface area (Å²) in [5, 5.41) is 12.3. The summed E-state index contributed by atoms with van der Waals surface area (Å²) in [6, 6.07) is 22.6. The molecule has 162 valence electrons. The number of nitriles is 1. The number of benzene rings is 3. The van der Waals surface area contributed by atoms with Crippen molar-refractivity contribution in [2.45, 2.75) is 13.5 Å². The molecule has 0 fully saturated rings. The van der Waals surface area contributed by atoms with E-state index in [-0.39, 0.29) is 5.57 Å². The Hall–Kier alpha value is -2.83. The zero-order valence-electron chi connectivity index (χ0n) is 17.3. The standard InChI is InChI=1S/C25H20BrIN2O3/c1-2-31-24-13-18(8-11-23(24)32-16-17-6-9-20(26)10-7-17)12-19(15-28)25(30)29-22-5-3-4-21(27)14-22/h3-14H,2,16H2,1H3,(H,29,30)/b19-12+. The highest BCUT2D eigenvalue weighted by Gasteiger charge is 2.12. The summed E-state index contributed by atoms with van der Waals surface area (Å²) in [5.41, 5.74) is 2.32. The van der Waals surface area contributed by atoms with Crippen molar-refractivity contribution < 1.29 is 14.3 Å². The molecule has 0 spiro atoms. The number of carbonyl (C=O) groups excluding carboxylic acids is 1. The van der Waals surface area contributed by atoms with Gasteiger partial charge in [-0.15, -0.1) is 0 Å². The Morgan fingerprint density at radius 1 is 1.09 bits per heavy atom. The highest BCUT2D eigenvalue weighted by molar-refractivity contribution is 14.1. The third-order valence-corrected chi connectivity index (χ3v) is 5.53. The number of nitrogens with zero attached hydrogens (tertiary/aromatic N) is 1. The van der Waals surface area contributed by atoms with Gasteiger partial charge in [0.25, 0.3) is 5.91 Å². The second-order valence-electron chi connectivity index (χ2n) is 6.69. The van der Waals surface area contributed by atoms with E-state index in [2.05, 4.69) is 43.8 Å². The van der Waals surface area contributed by atoms with Crippen molar-refractivity contribution in [3.8, 4) is 17.6 Å². The van der Waals surface area contributed by atoms with Gasteiger partial charge in [-0.2, -0.15) is 5.26 Å². The van der Waals surface area contributed by atoms with Crippen LogP contribution in [0.5, 0.6) is 11.5 Å². The maximum Gasteiger partial charge on any atom is 0.266 e. The van der Waals surface area contributed by atoms with E-state index in [4.69, 9.17) is 9.47 Å². The molecular formula is C25H20BrIN2O3. The van der Waals surface area contributed by atoms with Crippen molar-refractivity contribution in [2.75, 3.05) is 11.9 Å². The van der Waals surface area contributed by atoms with Gasteiger partial charge in [0.1, 0.15) is 18.2 Å². The largest absolute Gasteiger partial charge is 0.490 e. The quantitative estimate of drug-likeness (QED) is 0.180. The summed E-state index contributed by atoms with van der Waals surface area (Å²) < 4.78 is 13.7. The average molecular weight is 603 g/mol. The Labute approximate surface area is 209 Å². The van der Waals surface area contributed by atoms with Crippen molar-refractivity contribution >= 4 is 56.2 Å². The van der Waals surface area contributed by atoms with Crippen LogP contribution in [-0.2, 0) is 11.4 Å². The fraction of sp³-hybridized carbons (Fsp3) is 0.120. The molecule has 0 heterocycles. The number of amides is 1. The highest BCUT2D eigenvalue weighted by atomic mass is 127. The maximum absolute atomic E-state index is 12.6. The smallest absolute Gasteiger partial charge is 0.266 e. The van der Waals surface area contributed by atoms with Gasteiger partial charge in [0.2, 0.25) is 0 Å². The fourth-order valence-electron chi connectivity index (χ4n) is 2.82. The predicted molar refractivity (Wildman–Crippen MR) is 137 cm³/mol. The molecule has 0 aromatic heterocycles. The topological polar surface area (TPSA) is 71.3 Å². The monoisotopic (exact) mass is 602 g/mol. The Morgan fingerprint density at radius 2 is 1.88 bits per heavy atom. The highest BCUT2D eigenvalue weighted by Crippen LogP contribution is 2.30. The van der Waals surface area contributed by atoms with Gasteiger partial charge in [0, 0.05) is 13.7 Å². The minimum absolute atomic E-state index is 0.00478. The first-order chi connectivity index (χ1) is 15.5. The summed E-state index contributed by atoms with van der Waals surface area (Å²) in [4.78, 5) is 12.6. The molecule has 0 unspecified atom stereocenters. The number of carbonyl (C=O) groups is 1. The minimum atomic E-state index is -0.469. The molecule has 0 atom stereocenters. The summed E-state index contributed by atoms with van der Waals surface area (Å²) in [6.45, 7) is 2.74. The first-order valence-electron chi connectivity index (χ1n) is 9.81. The molecule has 3 aromatic rings. The number of hydrogen-bond acceptors (Lipinski definition) is 4. The lowest BCUT2D eigenvalue weighted by Crippen LogP contribution is -2.13. The van der Waals surface area contributed by atoms with Crippen molar-refractivity contribution in [3.05, 3.63) is 91.5 Å². The first kappa shape index (κ1) is 23.8. The Kier molecular flexibility index (Phi) is 8.71. The summed E-state index contributed by atoms with van der Waals surface area (Å²) in [7, 11) is 0. The molecular weight excluding hydrogens is 583 g/mol. The predicted octanol–water partition coefficient (Wildman–Crippen LogP) is 6.58. The Morgan fingerprint density at radius 3 is 2.56 bits per heavy atom. The van der Waals surface area contributed by atoms with Gasteiger partial charge < -0.3 is 14.8 Å². The van der Waals surface area contributed by atoms with Crippen LogP contribution in [-0.4, -0.2) is 12.5 Å². The Bertz CT molecular complexity index is 1170. The second-order valence-corrected chi connectivity index (χ2v) is 8.85. The van der Waals surface area contributed by atoms with E-state index in [1.807, 2.05) is 55.5 Å². The van der Waals surface area contributed by atoms with Gasteiger partial charge in [0.05, 0.1) is 6.61 Å². The summed E-state index contributed by atoms with van der Waals surface area (Å²) >= 11 is 5.59. The zero-order chi connectivity index (χ0) is 22.9. The molecule has 1 N–H and O–H groups in total. The van der Waals surface area contributed by atoms with Gasteiger partial charge in [-0.3, -0.25) is 4.79 Å². The number of rotatable bonds is 8. The molecule has 5 nitrogen and oxygen atoms in total. The molecule has 0 aliphatic heterocycles. The normalized spacial score (nSPS) is 10.9. The van der Waals surface area contributed by atoms with Crippen LogP contribution in [0.2, 0.25) is 0 Å². The molecule has 7 heteroatoms. The van der Waals surface area contributed by atoms with Crippen LogP contribution < -0.4 is 14.8 Å². The molecule has 0 saturated carbocycles. The van der Waals surface area contributed by atoms with Gasteiger partial charge in [0.15, 0.2) is 11.5 Å². The average Bonchev–Trinajstić information content (AvgIpc) is 2.78. The number of hydrogen-bond donors (Lipinski definition) is 1. The van der Waals surface area contributed by atoms with Crippen molar-refractivity contribution in [3.63, 3.8) is 0 Å². The van der Waals surface area contributed by atoms with Crippen LogP contribution in [0.25, 0.3) is 6.08 Å². The first-order valence-corrected chi connectivity index (χ1v) is 11.7. The van der Waals surface area contributed by atoms with Crippen LogP contribution in [0.1, 0.15) is 18.1 Å². The van der Waals surface area contributed by atoms with Crippen LogP contribution in [0.3, 0.4) is 0 Å². The molecule has 0 saturated heterocycles. The van der Waals surface area contributed by atoms with E-state index in [9.17, 15) is 10.1 Å². The lowest BCUT2D eigenvalue weighted by atomic mass is 10.1. The van der Waals surface area contributed by atoms with E-state index < -0.39 is 5.91 Å². The molecule has 0 aliphatic carbocycles. The lowest BCUT2D eigenvalue weighted by molar-refractivity contribution is -0.112. The zero-order valence-corrected chi connectivity index (χ0v) is 21.0. The van der Waals surface area contributed by atoms with Gasteiger partial charge in [-0.05, 0) is 89.2 Å². The van der Waals surface area contributed by atoms with Crippen molar-refractivity contribution in [1.82, 2.24) is 0 Å². The molecule has 3 aromatic carbocycles. The van der Waals surface area contributed by atoms with Gasteiger partial charge in [-0.25, -0.2) is 0 Å². The number of anilines is 1. The third-order valence-electron chi connectivity index (χ3n) is 4.33. The van der Waals surface area contributed by atoms with Crippen molar-refractivity contribution in [1.29, 1.82) is 5.26 Å². The summed E-state index contributed by atoms with van der Waals surface area (Å²) in [6.07, 6.45) is 1.53. The van der Waals surface area contributed by atoms with Crippen LogP contribution in [0.4, 0.5) is 5.69 Å². The Balaban J connectivity index is 1.77. The van der Waals surface area contributed by atoms with E-state index in [1.165, 1.54) is 6.08 Å². The molecule has 3 rings (SSSR count). The molecule has 32 heavy (non-hydrogen) atoms. The molecule has 0 radical (unpaired) electrons. The van der Waals surface area contributed by atoms with Crippen LogP contribution in [0.15, 0.2) is 76.8 Å². The fourth-order valence-corrected chi connectivity index (χ4v) is 3.63. The van der Waals surface area contributed by atoms with E-state index >= 15 is 0 Å². The molecule has 1 amide bonds. The lowest BCUT2D eigenvalue weighted by Gasteiger charge is -2.13. The van der Waals surface area contributed by atoms with E-state index in [0.29, 0.717) is 36.0 Å². The minimum Gasteiger partial charge on any atom is -0.490 e. The second kappa shape index (κ2) is 11.7. The van der Waals surface area contributed by atoms with Crippen LogP contribution >= 0.6 is 38.5 Å². The van der Waals surface area contributed by atoms with Crippen LogP contribution in [0, 0.1) is 14.9 Å². The molecule has 0 bridgehead atoms. The SMILES string of the molecule is CCOc1cc(/C=C(\C#N)C(=O)Nc2cccc(I)c2)ccc1OCc1ccc(Br)cc1. The number of ether oxygens (including phenoxy) is 2. The van der Waals surface area contributed by atoms with Gasteiger partial charge >= 0.3 is 0 Å².